The summed E-state index contributed by atoms with van der Waals surface area (Å²) in [6, 6.07) is 13.1. The molecule has 0 fully saturated rings. The maximum absolute atomic E-state index is 12.9. The van der Waals surface area contributed by atoms with Crippen molar-refractivity contribution < 1.29 is 28.6 Å². The number of carbonyl (C=O) groups is 3. The zero-order valence-corrected chi connectivity index (χ0v) is 14.4. The molecular formula is C19H19FN2O5. The summed E-state index contributed by atoms with van der Waals surface area (Å²) in [5.41, 5.74) is 1.35. The lowest BCUT2D eigenvalue weighted by atomic mass is 10.1. The van der Waals surface area contributed by atoms with Crippen molar-refractivity contribution >= 4 is 18.0 Å². The van der Waals surface area contributed by atoms with Gasteiger partial charge in [-0.2, -0.15) is 0 Å². The van der Waals surface area contributed by atoms with Crippen LogP contribution in [0.4, 0.5) is 9.18 Å². The van der Waals surface area contributed by atoms with E-state index in [1.165, 1.54) is 24.3 Å². The molecule has 2 rings (SSSR count). The molecule has 3 N–H and O–H groups in total. The van der Waals surface area contributed by atoms with E-state index in [2.05, 4.69) is 10.6 Å². The molecule has 2 aromatic carbocycles. The molecule has 0 heterocycles. The minimum Gasteiger partial charge on any atom is -0.480 e. The van der Waals surface area contributed by atoms with Crippen LogP contribution in [-0.4, -0.2) is 35.7 Å². The van der Waals surface area contributed by atoms with Crippen molar-refractivity contribution in [3.8, 4) is 0 Å². The lowest BCUT2D eigenvalue weighted by Crippen LogP contribution is -2.46. The predicted molar refractivity (Wildman–Crippen MR) is 94.3 cm³/mol. The molecule has 0 bridgehead atoms. The van der Waals surface area contributed by atoms with Gasteiger partial charge in [0.25, 0.3) is 0 Å². The summed E-state index contributed by atoms with van der Waals surface area (Å²) in [7, 11) is 0. The van der Waals surface area contributed by atoms with E-state index in [9.17, 15) is 23.9 Å². The molecule has 0 saturated carbocycles. The molecule has 8 heteroatoms. The van der Waals surface area contributed by atoms with Gasteiger partial charge in [-0.25, -0.2) is 14.0 Å². The fourth-order valence-electron chi connectivity index (χ4n) is 2.23. The first kappa shape index (κ1) is 19.9. The van der Waals surface area contributed by atoms with Gasteiger partial charge in [0.05, 0.1) is 0 Å². The zero-order valence-electron chi connectivity index (χ0n) is 14.4. The van der Waals surface area contributed by atoms with E-state index < -0.39 is 36.4 Å². The van der Waals surface area contributed by atoms with Gasteiger partial charge in [-0.1, -0.05) is 42.5 Å². The molecule has 0 unspecified atom stereocenters. The maximum atomic E-state index is 12.9. The molecule has 0 aliphatic heterocycles. The van der Waals surface area contributed by atoms with Crippen LogP contribution < -0.4 is 10.6 Å². The number of ether oxygens (including phenoxy) is 1. The highest BCUT2D eigenvalue weighted by Gasteiger charge is 2.20. The van der Waals surface area contributed by atoms with E-state index in [0.29, 0.717) is 5.56 Å². The SMILES string of the molecule is O=C(CNC(=O)OCc1ccccc1)N[C@@H](Cc1ccc(F)cc1)C(=O)O. The average molecular weight is 374 g/mol. The molecule has 142 valence electrons. The van der Waals surface area contributed by atoms with Crippen LogP contribution >= 0.6 is 0 Å². The Hall–Kier alpha value is -3.42. The number of carbonyl (C=O) groups excluding carboxylic acids is 2. The van der Waals surface area contributed by atoms with Crippen LogP contribution in [0.25, 0.3) is 0 Å². The molecule has 2 amide bonds. The topological polar surface area (TPSA) is 105 Å². The Kier molecular flexibility index (Phi) is 7.30. The molecule has 0 spiro atoms. The van der Waals surface area contributed by atoms with Gasteiger partial charge in [-0.05, 0) is 23.3 Å². The largest absolute Gasteiger partial charge is 0.480 e. The quantitative estimate of drug-likeness (QED) is 0.654. The first-order valence-corrected chi connectivity index (χ1v) is 8.15. The lowest BCUT2D eigenvalue weighted by molar-refractivity contribution is -0.141. The lowest BCUT2D eigenvalue weighted by Gasteiger charge is -2.15. The number of rotatable bonds is 8. The molecule has 2 aromatic rings. The Labute approximate surface area is 155 Å². The monoisotopic (exact) mass is 374 g/mol. The standard InChI is InChI=1S/C19H19FN2O5/c20-15-8-6-13(7-9-15)10-16(18(24)25)22-17(23)11-21-19(26)27-12-14-4-2-1-3-5-14/h1-9,16H,10-12H2,(H,21,26)(H,22,23)(H,24,25)/t16-/m0/s1. The molecule has 0 aliphatic carbocycles. The van der Waals surface area contributed by atoms with Gasteiger partial charge in [0.1, 0.15) is 25.0 Å². The molecule has 1 atom stereocenters. The molecule has 7 nitrogen and oxygen atoms in total. The van der Waals surface area contributed by atoms with Crippen molar-refractivity contribution in [2.24, 2.45) is 0 Å². The highest BCUT2D eigenvalue weighted by atomic mass is 19.1. The third kappa shape index (κ3) is 7.15. The molecule has 0 saturated heterocycles. The van der Waals surface area contributed by atoms with Gasteiger partial charge in [0.15, 0.2) is 0 Å². The Morgan fingerprint density at radius 2 is 1.67 bits per heavy atom. The van der Waals surface area contributed by atoms with Crippen molar-refractivity contribution in [3.05, 3.63) is 71.5 Å². The zero-order chi connectivity index (χ0) is 19.6. The second-order valence-electron chi connectivity index (χ2n) is 5.70. The summed E-state index contributed by atoms with van der Waals surface area (Å²) in [4.78, 5) is 34.8. The van der Waals surface area contributed by atoms with Gasteiger partial charge >= 0.3 is 12.1 Å². The van der Waals surface area contributed by atoms with Crippen LogP contribution in [0.15, 0.2) is 54.6 Å². The van der Waals surface area contributed by atoms with E-state index in [1.54, 1.807) is 24.3 Å². The molecule has 0 aliphatic rings. The summed E-state index contributed by atoms with van der Waals surface area (Å²) < 4.78 is 17.9. The minimum atomic E-state index is -1.24. The number of nitrogens with one attached hydrogen (secondary N) is 2. The Bertz CT molecular complexity index is 780. The number of hydrogen-bond acceptors (Lipinski definition) is 4. The summed E-state index contributed by atoms with van der Waals surface area (Å²) >= 11 is 0. The fourth-order valence-corrected chi connectivity index (χ4v) is 2.23. The number of hydrogen-bond donors (Lipinski definition) is 3. The number of benzene rings is 2. The van der Waals surface area contributed by atoms with E-state index in [-0.39, 0.29) is 13.0 Å². The summed E-state index contributed by atoms with van der Waals surface area (Å²) in [6.45, 7) is -0.378. The van der Waals surface area contributed by atoms with Gasteiger partial charge in [-0.3, -0.25) is 4.79 Å². The predicted octanol–water partition coefficient (Wildman–Crippen LogP) is 1.86. The second kappa shape index (κ2) is 9.91. The van der Waals surface area contributed by atoms with Crippen molar-refractivity contribution in [2.45, 2.75) is 19.1 Å². The number of alkyl carbamates (subject to hydrolysis) is 1. The highest BCUT2D eigenvalue weighted by molar-refractivity contribution is 5.86. The summed E-state index contributed by atoms with van der Waals surface area (Å²) in [5, 5.41) is 13.8. The van der Waals surface area contributed by atoms with Crippen molar-refractivity contribution in [3.63, 3.8) is 0 Å². The smallest absolute Gasteiger partial charge is 0.407 e. The van der Waals surface area contributed by atoms with Crippen LogP contribution in [0.1, 0.15) is 11.1 Å². The maximum Gasteiger partial charge on any atom is 0.407 e. The number of aliphatic carboxylic acids is 1. The fraction of sp³-hybridized carbons (Fsp3) is 0.211. The van der Waals surface area contributed by atoms with Crippen molar-refractivity contribution in [1.29, 1.82) is 0 Å². The Morgan fingerprint density at radius 3 is 2.30 bits per heavy atom. The normalized spacial score (nSPS) is 11.3. The van der Waals surface area contributed by atoms with Crippen molar-refractivity contribution in [2.75, 3.05) is 6.54 Å². The number of halogens is 1. The number of carboxylic acid groups (broad SMARTS) is 1. The van der Waals surface area contributed by atoms with Gasteiger partial charge < -0.3 is 20.5 Å². The first-order valence-electron chi connectivity index (χ1n) is 8.15. The minimum absolute atomic E-state index is 0.0141. The van der Waals surface area contributed by atoms with Gasteiger partial charge in [0.2, 0.25) is 5.91 Å². The van der Waals surface area contributed by atoms with E-state index in [1.807, 2.05) is 6.07 Å². The molecular weight excluding hydrogens is 355 g/mol. The average Bonchev–Trinajstić information content (AvgIpc) is 2.66. The van der Waals surface area contributed by atoms with Crippen LogP contribution in [0.2, 0.25) is 0 Å². The van der Waals surface area contributed by atoms with Crippen LogP contribution in [0.3, 0.4) is 0 Å². The van der Waals surface area contributed by atoms with Crippen LogP contribution in [-0.2, 0) is 27.4 Å². The Balaban J connectivity index is 1.77. The third-order valence-corrected chi connectivity index (χ3v) is 3.59. The van der Waals surface area contributed by atoms with Crippen LogP contribution in [0, 0.1) is 5.82 Å². The van der Waals surface area contributed by atoms with Gasteiger partial charge in [0, 0.05) is 6.42 Å². The van der Waals surface area contributed by atoms with Gasteiger partial charge in [-0.15, -0.1) is 0 Å². The molecule has 27 heavy (non-hydrogen) atoms. The third-order valence-electron chi connectivity index (χ3n) is 3.59. The van der Waals surface area contributed by atoms with E-state index in [0.717, 1.165) is 5.56 Å². The number of carboxylic acids is 1. The summed E-state index contributed by atoms with van der Waals surface area (Å²) in [6.07, 6.45) is -0.806. The first-order chi connectivity index (χ1) is 12.9. The molecule has 0 aromatic heterocycles. The Morgan fingerprint density at radius 1 is 1.00 bits per heavy atom. The van der Waals surface area contributed by atoms with Crippen molar-refractivity contribution in [1.82, 2.24) is 10.6 Å². The molecule has 0 radical (unpaired) electrons. The summed E-state index contributed by atoms with van der Waals surface area (Å²) in [5.74, 6) is -2.35. The van der Waals surface area contributed by atoms with E-state index in [4.69, 9.17) is 4.74 Å². The highest BCUT2D eigenvalue weighted by Crippen LogP contribution is 2.06. The van der Waals surface area contributed by atoms with E-state index >= 15 is 0 Å². The number of amides is 2. The van der Waals surface area contributed by atoms with Crippen LogP contribution in [0.5, 0.6) is 0 Å². The second-order valence-corrected chi connectivity index (χ2v) is 5.70.